The Bertz CT molecular complexity index is 1450. The van der Waals surface area contributed by atoms with E-state index in [-0.39, 0.29) is 24.5 Å². The monoisotopic (exact) mass is 670 g/mol. The highest BCUT2D eigenvalue weighted by Gasteiger charge is 2.43. The summed E-state index contributed by atoms with van der Waals surface area (Å²) in [5.74, 6) is -3.96. The van der Waals surface area contributed by atoms with E-state index in [1.807, 2.05) is 0 Å². The predicted molar refractivity (Wildman–Crippen MR) is 162 cm³/mol. The Balaban J connectivity index is 2.34. The van der Waals surface area contributed by atoms with Crippen LogP contribution in [0.4, 0.5) is 0 Å². The summed E-state index contributed by atoms with van der Waals surface area (Å²) in [6.07, 6.45) is 2.04. The Hall–Kier alpha value is -3.77. The number of ketones is 1. The number of ether oxygens (including phenoxy) is 3. The highest BCUT2D eigenvalue weighted by atomic mass is 32.2. The quantitative estimate of drug-likeness (QED) is 0.141. The third-order valence-corrected chi connectivity index (χ3v) is 7.58. The number of benzene rings is 1. The van der Waals surface area contributed by atoms with Crippen molar-refractivity contribution in [2.24, 2.45) is 0 Å². The topological polar surface area (TPSA) is 205 Å². The molecule has 3 amide bonds. The van der Waals surface area contributed by atoms with Crippen LogP contribution in [0.3, 0.4) is 0 Å². The van der Waals surface area contributed by atoms with Gasteiger partial charge in [0, 0.05) is 21.1 Å². The molecule has 248 valence electrons. The summed E-state index contributed by atoms with van der Waals surface area (Å²) in [6.45, 7) is 2.52. The van der Waals surface area contributed by atoms with Crippen molar-refractivity contribution in [2.45, 2.75) is 50.9 Å². The molecule has 0 saturated carbocycles. The highest BCUT2D eigenvalue weighted by Crippen LogP contribution is 2.19. The molecule has 15 nitrogen and oxygen atoms in total. The smallest absolute Gasteiger partial charge is 0.303 e. The van der Waals surface area contributed by atoms with Crippen molar-refractivity contribution in [3.05, 3.63) is 52.0 Å². The summed E-state index contributed by atoms with van der Waals surface area (Å²) in [4.78, 5) is 69.5. The number of esters is 1. The normalized spacial score (nSPS) is 14.7. The van der Waals surface area contributed by atoms with E-state index in [0.717, 1.165) is 24.5 Å². The van der Waals surface area contributed by atoms with Crippen LogP contribution in [0, 0.1) is 6.92 Å². The first-order valence-corrected chi connectivity index (χ1v) is 16.2. The number of carbonyl (C=O) groups is 5. The van der Waals surface area contributed by atoms with Crippen molar-refractivity contribution in [1.29, 1.82) is 0 Å². The number of nitrogens with zero attached hydrogens (tertiary/aromatic N) is 1. The lowest BCUT2D eigenvalue weighted by atomic mass is 9.91. The molecular formula is C28H38N4O11S2. The number of aromatic nitrogens is 1. The third-order valence-electron chi connectivity index (χ3n) is 6.12. The van der Waals surface area contributed by atoms with E-state index in [1.54, 1.807) is 37.3 Å². The summed E-state index contributed by atoms with van der Waals surface area (Å²) in [5.41, 5.74) is -1.51. The summed E-state index contributed by atoms with van der Waals surface area (Å²) < 4.78 is 43.7. The van der Waals surface area contributed by atoms with Gasteiger partial charge in [0.25, 0.3) is 16.0 Å². The molecule has 1 aromatic heterocycles. The molecule has 0 radical (unpaired) electrons. The number of Topliss-reactive ketones (excluding diaryl/α,β-unsaturated/α-hetero) is 1. The maximum atomic E-state index is 13.9. The summed E-state index contributed by atoms with van der Waals surface area (Å²) >= 11 is 1.13. The molecule has 1 heterocycles. The Morgan fingerprint density at radius 3 is 1.98 bits per heavy atom. The minimum atomic E-state index is -4.04. The van der Waals surface area contributed by atoms with Crippen molar-refractivity contribution in [3.63, 3.8) is 0 Å². The molecule has 17 heteroatoms. The van der Waals surface area contributed by atoms with Gasteiger partial charge in [-0.3, -0.25) is 28.2 Å². The van der Waals surface area contributed by atoms with Gasteiger partial charge in [0.1, 0.15) is 23.6 Å². The molecule has 0 aliphatic carbocycles. The van der Waals surface area contributed by atoms with E-state index in [0.29, 0.717) is 10.6 Å². The number of hydrogen-bond donors (Lipinski definition) is 3. The number of hydrogen-bond acceptors (Lipinski definition) is 13. The van der Waals surface area contributed by atoms with Gasteiger partial charge in [0.05, 0.1) is 36.7 Å². The zero-order chi connectivity index (χ0) is 33.8. The second kappa shape index (κ2) is 17.1. The van der Waals surface area contributed by atoms with E-state index in [1.165, 1.54) is 27.3 Å². The van der Waals surface area contributed by atoms with Gasteiger partial charge in [0.15, 0.2) is 5.60 Å². The van der Waals surface area contributed by atoms with Crippen LogP contribution in [0.1, 0.15) is 34.1 Å². The van der Waals surface area contributed by atoms with Crippen LogP contribution in [0.15, 0.2) is 36.5 Å². The van der Waals surface area contributed by atoms with Crippen LogP contribution in [-0.2, 0) is 54.1 Å². The number of nitrogens with one attached hydrogen (secondary N) is 3. The van der Waals surface area contributed by atoms with E-state index < -0.39 is 69.9 Å². The molecule has 4 atom stereocenters. The van der Waals surface area contributed by atoms with Crippen LogP contribution in [0.5, 0.6) is 0 Å². The van der Waals surface area contributed by atoms with Gasteiger partial charge in [0.2, 0.25) is 17.6 Å². The first kappa shape index (κ1) is 37.4. The maximum Gasteiger partial charge on any atom is 0.303 e. The Morgan fingerprint density at radius 1 is 0.933 bits per heavy atom. The molecular weight excluding hydrogens is 632 g/mol. The molecule has 0 aliphatic rings. The summed E-state index contributed by atoms with van der Waals surface area (Å²) in [5, 5.41) is 8.27. The van der Waals surface area contributed by atoms with Gasteiger partial charge in [-0.1, -0.05) is 30.3 Å². The number of carbonyl (C=O) groups excluding carboxylic acids is 5. The summed E-state index contributed by atoms with van der Waals surface area (Å²) in [6, 6.07) is 4.61. The highest BCUT2D eigenvalue weighted by molar-refractivity contribution is 7.86. The molecule has 2 aromatic rings. The number of amides is 3. The molecule has 1 unspecified atom stereocenters. The Kier molecular flexibility index (Phi) is 14.2. The van der Waals surface area contributed by atoms with Crippen LogP contribution >= 0.6 is 11.3 Å². The van der Waals surface area contributed by atoms with Gasteiger partial charge in [-0.15, -0.1) is 11.3 Å². The van der Waals surface area contributed by atoms with Crippen molar-refractivity contribution < 1.29 is 50.8 Å². The first-order valence-electron chi connectivity index (χ1n) is 13.5. The summed E-state index contributed by atoms with van der Waals surface area (Å²) in [7, 11) is -1.42. The fourth-order valence-corrected chi connectivity index (χ4v) is 5.17. The second-order valence-electron chi connectivity index (χ2n) is 10.1. The van der Waals surface area contributed by atoms with Gasteiger partial charge in [-0.05, 0) is 25.8 Å². The van der Waals surface area contributed by atoms with Gasteiger partial charge < -0.3 is 30.2 Å². The molecule has 0 fully saturated rings. The molecule has 2 rings (SSSR count). The molecule has 0 spiro atoms. The standard InChI is InChI=1S/C28H38N4O11S2/c1-17-29-13-23(44-17)27(37)32-22(15-41-5)26(36)31-21(14-40-4)25(35)30-20(12-19-10-8-7-9-11-19)24(34)28(3,43-18(2)33)16-42-45(6,38)39/h7-11,13,20-22H,12,14-16H2,1-6H3,(H,30,35)(H,31,36)(H,32,37)/t20?,21-,22-,28+/m0/s1. The number of thiazole rings is 1. The minimum absolute atomic E-state index is 0.0919. The first-order chi connectivity index (χ1) is 21.1. The average Bonchev–Trinajstić information content (AvgIpc) is 3.41. The second-order valence-corrected chi connectivity index (χ2v) is 13.0. The number of rotatable bonds is 18. The third kappa shape index (κ3) is 12.3. The van der Waals surface area contributed by atoms with Crippen LogP contribution in [0.2, 0.25) is 0 Å². The lowest BCUT2D eigenvalue weighted by Gasteiger charge is -2.32. The van der Waals surface area contributed by atoms with Crippen molar-refractivity contribution in [1.82, 2.24) is 20.9 Å². The van der Waals surface area contributed by atoms with Crippen molar-refractivity contribution in [3.8, 4) is 0 Å². The van der Waals surface area contributed by atoms with Crippen molar-refractivity contribution in [2.75, 3.05) is 40.3 Å². The molecule has 45 heavy (non-hydrogen) atoms. The average molecular weight is 671 g/mol. The van der Waals surface area contributed by atoms with E-state index in [4.69, 9.17) is 18.4 Å². The zero-order valence-electron chi connectivity index (χ0n) is 25.8. The SMILES string of the molecule is COC[C@H](NC(=O)c1cnc(C)s1)C(=O)N[C@@H](COC)C(=O)NC(Cc1ccccc1)C(=O)[C@@](C)(COS(C)(=O)=O)OC(C)=O. The predicted octanol–water partition coefficient (Wildman–Crippen LogP) is -0.0779. The largest absolute Gasteiger partial charge is 0.449 e. The number of aryl methyl sites for hydroxylation is 1. The number of methoxy groups -OCH3 is 2. The lowest BCUT2D eigenvalue weighted by Crippen LogP contribution is -2.60. The fourth-order valence-electron chi connectivity index (χ4n) is 4.05. The fraction of sp³-hybridized carbons (Fsp3) is 0.500. The zero-order valence-corrected chi connectivity index (χ0v) is 27.4. The van der Waals surface area contributed by atoms with Crippen LogP contribution in [-0.4, -0.2) is 107 Å². The molecule has 0 aliphatic heterocycles. The molecule has 0 bridgehead atoms. The lowest BCUT2D eigenvalue weighted by molar-refractivity contribution is -0.168. The van der Waals surface area contributed by atoms with E-state index in [2.05, 4.69) is 20.9 Å². The Morgan fingerprint density at radius 2 is 1.49 bits per heavy atom. The molecule has 0 saturated heterocycles. The van der Waals surface area contributed by atoms with Gasteiger partial charge >= 0.3 is 5.97 Å². The van der Waals surface area contributed by atoms with Crippen LogP contribution in [0.25, 0.3) is 0 Å². The minimum Gasteiger partial charge on any atom is -0.449 e. The molecule has 3 N–H and O–H groups in total. The van der Waals surface area contributed by atoms with E-state index >= 15 is 0 Å². The van der Waals surface area contributed by atoms with Gasteiger partial charge in [-0.25, -0.2) is 4.98 Å². The van der Waals surface area contributed by atoms with E-state index in [9.17, 15) is 32.4 Å². The van der Waals surface area contributed by atoms with Crippen molar-refractivity contribution >= 4 is 50.9 Å². The van der Waals surface area contributed by atoms with Crippen LogP contribution < -0.4 is 16.0 Å². The Labute approximate surface area is 265 Å². The van der Waals surface area contributed by atoms with Gasteiger partial charge in [-0.2, -0.15) is 8.42 Å². The molecule has 1 aromatic carbocycles. The maximum absolute atomic E-state index is 13.9.